The Morgan fingerprint density at radius 1 is 0.778 bits per heavy atom. The Balaban J connectivity index is -0.0000000125. The molecule has 0 aliphatic carbocycles. The van der Waals surface area contributed by atoms with Crippen LogP contribution >= 0.6 is 0 Å². The molecule has 0 N–H and O–H groups in total. The summed E-state index contributed by atoms with van der Waals surface area (Å²) in [6, 6.07) is 0. The van der Waals surface area contributed by atoms with Gasteiger partial charge < -0.3 is 47.7 Å². The summed E-state index contributed by atoms with van der Waals surface area (Å²) in [5, 5.41) is 0. The van der Waals surface area contributed by atoms with Gasteiger partial charge in [-0.05, 0) is 0 Å². The van der Waals surface area contributed by atoms with Crippen LogP contribution in [0.5, 0.6) is 0 Å². The van der Waals surface area contributed by atoms with E-state index in [4.69, 9.17) is 0 Å². The van der Waals surface area contributed by atoms with Gasteiger partial charge in [0.25, 0.3) is 0 Å². The molecule has 1 nitrogen and oxygen atoms in total. The van der Waals surface area contributed by atoms with Crippen molar-refractivity contribution >= 4 is 21.0 Å². The summed E-state index contributed by atoms with van der Waals surface area (Å²) in [6.07, 6.45) is 7.31. The van der Waals surface area contributed by atoms with Crippen LogP contribution in [0.25, 0.3) is 0 Å². The maximum atomic E-state index is 4.53. The van der Waals surface area contributed by atoms with Crippen molar-refractivity contribution in [2.45, 2.75) is 52.4 Å². The Hall–Kier alpha value is 1.08. The van der Waals surface area contributed by atoms with Gasteiger partial charge in [-0.2, -0.15) is 12.8 Å². The zero-order valence-corrected chi connectivity index (χ0v) is 20.7. The smallest absolute Gasteiger partial charge is 0.129 e. The monoisotopic (exact) mass is 475 g/mol. The van der Waals surface area contributed by atoms with Crippen molar-refractivity contribution in [3.63, 3.8) is 0 Å². The van der Waals surface area contributed by atoms with E-state index < -0.39 is 0 Å². The Labute approximate surface area is 142 Å². The van der Waals surface area contributed by atoms with Gasteiger partial charge in [0.15, 0.2) is 0 Å². The molecule has 0 radical (unpaired) electrons. The van der Waals surface area contributed by atoms with Crippen LogP contribution in [0.1, 0.15) is 52.4 Å². The van der Waals surface area contributed by atoms with Gasteiger partial charge in [0.1, 0.15) is 21.0 Å². The first kappa shape index (κ1) is 50.8. The van der Waals surface area contributed by atoms with Gasteiger partial charge in [0.05, 0.1) is 0 Å². The summed E-state index contributed by atoms with van der Waals surface area (Å²) in [7, 11) is 1.86. The second kappa shape index (κ2) is 80.8. The van der Waals surface area contributed by atoms with E-state index >= 15 is 0 Å². The van der Waals surface area contributed by atoms with Crippen molar-refractivity contribution in [3.8, 4) is 0 Å². The molecule has 0 atom stereocenters. The van der Waals surface area contributed by atoms with Crippen molar-refractivity contribution in [2.75, 3.05) is 0 Å². The maximum absolute atomic E-state index is 4.53. The average Bonchev–Trinajstić information content (AvgIpc) is 2.09. The van der Waals surface area contributed by atoms with Crippen LogP contribution in [0.4, 0.5) is 0 Å². The fourth-order valence-electron chi connectivity index (χ4n) is 0.500. The number of unbranched alkanes of at least 4 members (excludes halogenated alkanes) is 4. The fraction of sp³-hybridized carbons (Fsp3) is 0.571. The molecule has 0 saturated carbocycles. The van der Waals surface area contributed by atoms with Crippen LogP contribution in [0.15, 0.2) is 0 Å². The third-order valence-corrected chi connectivity index (χ3v) is 1.21. The first-order valence-electron chi connectivity index (χ1n) is 5.23. The summed E-state index contributed by atoms with van der Waals surface area (Å²) in [5.74, 6) is 0. The average molecular weight is 476 g/mol. The van der Waals surface area contributed by atoms with Gasteiger partial charge in [-0.15, -0.1) is 0 Å². The topological polar surface area (TPSA) is 9.23 Å². The van der Waals surface area contributed by atoms with Crippen LogP contribution < -0.4 is 0 Å². The zero-order chi connectivity index (χ0) is 10.9. The van der Waals surface area contributed by atoms with Crippen molar-refractivity contribution in [2.24, 2.45) is 0 Å². The second-order valence-corrected chi connectivity index (χ2v) is 6.09. The van der Waals surface area contributed by atoms with Crippen molar-refractivity contribution in [1.82, 2.24) is 0 Å². The minimum Gasteiger partial charge on any atom is -0.471 e. The first-order valence-corrected chi connectivity index (χ1v) is 6.86. The van der Waals surface area contributed by atoms with Crippen molar-refractivity contribution < 1.29 is 25.2 Å². The van der Waals surface area contributed by atoms with Crippen molar-refractivity contribution in [1.29, 1.82) is 0 Å². The summed E-state index contributed by atoms with van der Waals surface area (Å²) < 4.78 is 4.53. The molecular formula is C14H40OPtSi2-6. The van der Waals surface area contributed by atoms with E-state index in [-0.39, 0.29) is 50.8 Å². The summed E-state index contributed by atoms with van der Waals surface area (Å²) in [6.45, 7) is 11.7. The summed E-state index contributed by atoms with van der Waals surface area (Å²) >= 11 is 0. The molecule has 0 unspecified atom stereocenters. The molecule has 0 aromatic carbocycles. The Morgan fingerprint density at radius 3 is 0.944 bits per heavy atom. The number of hydrogen-bond donors (Lipinski definition) is 0. The van der Waals surface area contributed by atoms with Gasteiger partial charge in [-0.1, -0.05) is 39.5 Å². The molecule has 0 aliphatic rings. The molecule has 0 saturated heterocycles. The molecule has 0 amide bonds. The van der Waals surface area contributed by atoms with Gasteiger partial charge >= 0.3 is 0 Å². The van der Waals surface area contributed by atoms with E-state index in [9.17, 15) is 0 Å². The molecule has 4 heteroatoms. The van der Waals surface area contributed by atoms with Crippen LogP contribution in [0, 0.1) is 43.6 Å². The Bertz CT molecular complexity index is 49.1. The van der Waals surface area contributed by atoms with Crippen LogP contribution in [-0.2, 0) is 25.2 Å². The van der Waals surface area contributed by atoms with E-state index in [1.54, 1.807) is 0 Å². The Morgan fingerprint density at radius 2 is 0.944 bits per heavy atom. The number of hydrogen-bond acceptors (Lipinski definition) is 1. The van der Waals surface area contributed by atoms with Gasteiger partial charge in [0, 0.05) is 21.1 Å². The largest absolute Gasteiger partial charge is 0.471 e. The molecule has 126 valence electrons. The molecule has 0 aliphatic heterocycles. The first-order chi connectivity index (χ1) is 6.24. The number of rotatable bonds is 4. The standard InChI is InChI=1S/2C5H11.4CH3.H6OSi2.Pt/c2*1-3-5-4-2;;;;;2-1-3;/h2*1,3-5H2,2H3;4*1H3;2-3H3;/q6*-1;;. The maximum Gasteiger partial charge on any atom is 0.129 e. The summed E-state index contributed by atoms with van der Waals surface area (Å²) in [5.41, 5.74) is 0. The molecular weight excluding hydrogens is 435 g/mol. The molecule has 0 bridgehead atoms. The van der Waals surface area contributed by atoms with Crippen LogP contribution in [-0.4, -0.2) is 21.0 Å². The molecule has 0 aromatic rings. The van der Waals surface area contributed by atoms with Gasteiger partial charge in [-0.3, -0.25) is 0 Å². The Kier molecular flexibility index (Phi) is 228. The predicted octanol–water partition coefficient (Wildman–Crippen LogP) is 3.38. The summed E-state index contributed by atoms with van der Waals surface area (Å²) in [4.78, 5) is 0. The van der Waals surface area contributed by atoms with E-state index in [2.05, 4.69) is 31.8 Å². The normalized spacial score (nSPS) is 6.00. The molecule has 0 rings (SSSR count). The van der Waals surface area contributed by atoms with Gasteiger partial charge in [0.2, 0.25) is 0 Å². The van der Waals surface area contributed by atoms with E-state index in [0.29, 0.717) is 0 Å². The molecule has 18 heavy (non-hydrogen) atoms. The van der Waals surface area contributed by atoms with E-state index in [1.165, 1.54) is 25.7 Å². The van der Waals surface area contributed by atoms with Crippen molar-refractivity contribution in [3.05, 3.63) is 43.6 Å². The third kappa shape index (κ3) is 171. The molecule has 0 aromatic heterocycles. The predicted molar refractivity (Wildman–Crippen MR) is 96.4 cm³/mol. The molecule has 0 fully saturated rings. The van der Waals surface area contributed by atoms with E-state index in [1.807, 2.05) is 0 Å². The SMILES string of the molecule is [CH2-]CCCC.[CH2-]CCCC.[CH3-].[CH3-].[CH3-].[CH3-].[Pt].[SiH3]O[SiH3]. The zero-order valence-electron chi connectivity index (χ0n) is 14.4. The third-order valence-electron chi connectivity index (χ3n) is 1.21. The molecule has 0 spiro atoms. The van der Waals surface area contributed by atoms with Gasteiger partial charge in [-0.25, -0.2) is 0 Å². The fourth-order valence-corrected chi connectivity index (χ4v) is 0.500. The van der Waals surface area contributed by atoms with Crippen LogP contribution in [0.2, 0.25) is 0 Å². The minimum atomic E-state index is 0. The molecule has 0 heterocycles. The second-order valence-electron chi connectivity index (χ2n) is 2.82. The van der Waals surface area contributed by atoms with Crippen LogP contribution in [0.3, 0.4) is 0 Å². The van der Waals surface area contributed by atoms with E-state index in [0.717, 1.165) is 33.8 Å². The minimum absolute atomic E-state index is 0. The quantitative estimate of drug-likeness (QED) is 0.447.